The number of urea groups is 1. The van der Waals surface area contributed by atoms with Crippen LogP contribution in [0.15, 0.2) is 47.8 Å². The number of imidazole rings is 1. The first-order valence-corrected chi connectivity index (χ1v) is 10.5. The van der Waals surface area contributed by atoms with Crippen LogP contribution in [0.2, 0.25) is 0 Å². The first-order valence-electron chi connectivity index (χ1n) is 10.5. The SMILES string of the molecule is Cn1ccnc1-c1ccc(F)c(OC2CN(C(=O)N3N=CC[C@H]3c3cc(F)cc(C#N)c3)C2)n1. The Morgan fingerprint density at radius 1 is 1.24 bits per heavy atom. The van der Waals surface area contributed by atoms with Crippen molar-refractivity contribution in [3.63, 3.8) is 0 Å². The van der Waals surface area contributed by atoms with E-state index in [1.165, 1.54) is 28.1 Å². The first-order chi connectivity index (χ1) is 16.4. The van der Waals surface area contributed by atoms with Crippen molar-refractivity contribution < 1.29 is 18.3 Å². The van der Waals surface area contributed by atoms with E-state index in [0.29, 0.717) is 23.5 Å². The van der Waals surface area contributed by atoms with E-state index < -0.39 is 23.8 Å². The molecule has 1 atom stereocenters. The minimum atomic E-state index is -0.605. The van der Waals surface area contributed by atoms with Crippen LogP contribution in [-0.4, -0.2) is 55.9 Å². The summed E-state index contributed by atoms with van der Waals surface area (Å²) in [5, 5.41) is 14.5. The van der Waals surface area contributed by atoms with Gasteiger partial charge in [-0.3, -0.25) is 0 Å². The zero-order valence-electron chi connectivity index (χ0n) is 18.1. The second-order valence-electron chi connectivity index (χ2n) is 8.05. The lowest BCUT2D eigenvalue weighted by Crippen LogP contribution is -2.59. The first kappa shape index (κ1) is 21.5. The number of hydrogen-bond donors (Lipinski definition) is 0. The fraction of sp³-hybridized carbons (Fsp3) is 0.261. The molecule has 172 valence electrons. The predicted octanol–water partition coefficient (Wildman–Crippen LogP) is 3.25. The van der Waals surface area contributed by atoms with Crippen LogP contribution in [0.4, 0.5) is 13.6 Å². The van der Waals surface area contributed by atoms with Crippen LogP contribution in [0.3, 0.4) is 0 Å². The summed E-state index contributed by atoms with van der Waals surface area (Å²) in [5.74, 6) is -0.733. The van der Waals surface area contributed by atoms with Gasteiger partial charge in [-0.2, -0.15) is 10.4 Å². The number of aryl methyl sites for hydroxylation is 1. The third-order valence-corrected chi connectivity index (χ3v) is 5.72. The third-order valence-electron chi connectivity index (χ3n) is 5.72. The van der Waals surface area contributed by atoms with Crippen LogP contribution in [-0.2, 0) is 7.05 Å². The molecule has 2 aliphatic heterocycles. The van der Waals surface area contributed by atoms with Gasteiger partial charge in [0.25, 0.3) is 5.88 Å². The number of aromatic nitrogens is 3. The number of hydrogen-bond acceptors (Lipinski definition) is 6. The molecule has 2 aliphatic rings. The van der Waals surface area contributed by atoms with E-state index in [-0.39, 0.29) is 30.6 Å². The number of nitriles is 1. The van der Waals surface area contributed by atoms with Crippen LogP contribution >= 0.6 is 0 Å². The van der Waals surface area contributed by atoms with E-state index in [1.54, 1.807) is 29.2 Å². The van der Waals surface area contributed by atoms with E-state index in [0.717, 1.165) is 6.07 Å². The molecule has 1 fully saturated rings. The van der Waals surface area contributed by atoms with Crippen molar-refractivity contribution in [2.24, 2.45) is 12.1 Å². The summed E-state index contributed by atoms with van der Waals surface area (Å²) < 4.78 is 35.7. The van der Waals surface area contributed by atoms with Gasteiger partial charge in [-0.1, -0.05) is 0 Å². The molecule has 9 nitrogen and oxygen atoms in total. The highest BCUT2D eigenvalue weighted by atomic mass is 19.1. The van der Waals surface area contributed by atoms with Crippen molar-refractivity contribution in [3.8, 4) is 23.5 Å². The Bertz CT molecular complexity index is 1330. The maximum atomic E-state index is 14.3. The highest BCUT2D eigenvalue weighted by Gasteiger charge is 2.39. The molecule has 0 bridgehead atoms. The van der Waals surface area contributed by atoms with Crippen molar-refractivity contribution in [1.82, 2.24) is 24.4 Å². The maximum Gasteiger partial charge on any atom is 0.341 e. The average molecular weight is 463 g/mol. The Balaban J connectivity index is 1.25. The van der Waals surface area contributed by atoms with E-state index >= 15 is 0 Å². The number of hydrazone groups is 1. The summed E-state index contributed by atoms with van der Waals surface area (Å²) in [5.41, 5.74) is 1.14. The molecule has 1 aromatic carbocycles. The molecule has 2 amide bonds. The van der Waals surface area contributed by atoms with E-state index in [2.05, 4.69) is 15.1 Å². The molecule has 0 radical (unpaired) electrons. The minimum absolute atomic E-state index is 0.154. The van der Waals surface area contributed by atoms with Crippen LogP contribution in [0.1, 0.15) is 23.6 Å². The second kappa shape index (κ2) is 8.55. The fourth-order valence-corrected chi connectivity index (χ4v) is 3.96. The highest BCUT2D eigenvalue weighted by Crippen LogP contribution is 2.32. The van der Waals surface area contributed by atoms with E-state index in [4.69, 9.17) is 10.00 Å². The summed E-state index contributed by atoms with van der Waals surface area (Å²) in [6.45, 7) is 0.440. The molecule has 0 aliphatic carbocycles. The molecule has 0 saturated carbocycles. The quantitative estimate of drug-likeness (QED) is 0.592. The summed E-state index contributed by atoms with van der Waals surface area (Å²) in [6.07, 6.45) is 4.93. The Labute approximate surface area is 193 Å². The van der Waals surface area contributed by atoms with Gasteiger partial charge in [0.1, 0.15) is 17.6 Å². The van der Waals surface area contributed by atoms with Gasteiger partial charge in [-0.05, 0) is 35.9 Å². The number of amides is 2. The summed E-state index contributed by atoms with van der Waals surface area (Å²) in [4.78, 5) is 22.9. The number of ether oxygens (including phenoxy) is 1. The monoisotopic (exact) mass is 463 g/mol. The molecule has 0 unspecified atom stereocenters. The number of carbonyl (C=O) groups is 1. The molecular weight excluding hydrogens is 444 g/mol. The summed E-state index contributed by atoms with van der Waals surface area (Å²) in [7, 11) is 1.81. The van der Waals surface area contributed by atoms with Crippen molar-refractivity contribution >= 4 is 12.2 Å². The van der Waals surface area contributed by atoms with Crippen molar-refractivity contribution in [3.05, 3.63) is 65.5 Å². The predicted molar refractivity (Wildman–Crippen MR) is 117 cm³/mol. The topological polar surface area (TPSA) is 99.6 Å². The number of halogens is 2. The number of likely N-dealkylation sites (tertiary alicyclic amines) is 1. The Morgan fingerprint density at radius 3 is 2.79 bits per heavy atom. The number of nitrogens with zero attached hydrogens (tertiary/aromatic N) is 7. The molecule has 3 aromatic rings. The lowest BCUT2D eigenvalue weighted by molar-refractivity contribution is 0.0231. The molecule has 1 saturated heterocycles. The normalized spacial score (nSPS) is 17.5. The van der Waals surface area contributed by atoms with E-state index in [1.807, 2.05) is 13.1 Å². The Hall–Kier alpha value is -4.33. The lowest BCUT2D eigenvalue weighted by atomic mass is 10.0. The van der Waals surface area contributed by atoms with Crippen molar-refractivity contribution in [2.45, 2.75) is 18.6 Å². The highest BCUT2D eigenvalue weighted by molar-refractivity contribution is 5.79. The van der Waals surface area contributed by atoms with E-state index in [9.17, 15) is 13.6 Å². The van der Waals surface area contributed by atoms with Gasteiger partial charge in [-0.25, -0.2) is 28.6 Å². The molecule has 0 spiro atoms. The number of rotatable bonds is 4. The van der Waals surface area contributed by atoms with Gasteiger partial charge in [0.2, 0.25) is 0 Å². The van der Waals surface area contributed by atoms with Crippen molar-refractivity contribution in [1.29, 1.82) is 5.26 Å². The maximum absolute atomic E-state index is 14.3. The van der Waals surface area contributed by atoms with Gasteiger partial charge in [0.05, 0.1) is 30.8 Å². The van der Waals surface area contributed by atoms with Gasteiger partial charge in [0.15, 0.2) is 11.6 Å². The zero-order chi connectivity index (χ0) is 23.8. The number of carbonyl (C=O) groups excluding carboxylic acids is 1. The molecule has 5 rings (SSSR count). The molecule has 4 heterocycles. The standard InChI is InChI=1S/C23H19F2N7O2/c1-30-7-6-27-21(30)19-3-2-18(25)22(29-19)34-17-12-31(13-17)23(33)32-20(4-5-28-32)15-8-14(11-26)9-16(24)10-15/h2-3,5-10,17,20H,4,12-13H2,1H3/t20-/m0/s1. The van der Waals surface area contributed by atoms with Gasteiger partial charge in [-0.15, -0.1) is 0 Å². The largest absolute Gasteiger partial charge is 0.468 e. The average Bonchev–Trinajstić information content (AvgIpc) is 3.45. The molecule has 0 N–H and O–H groups in total. The van der Waals surface area contributed by atoms with Crippen LogP contribution in [0.25, 0.3) is 11.5 Å². The Morgan fingerprint density at radius 2 is 2.06 bits per heavy atom. The smallest absolute Gasteiger partial charge is 0.341 e. The Kier molecular flexibility index (Phi) is 5.41. The molecular formula is C23H19F2N7O2. The molecule has 34 heavy (non-hydrogen) atoms. The second-order valence-corrected chi connectivity index (χ2v) is 8.05. The van der Waals surface area contributed by atoms with Gasteiger partial charge < -0.3 is 14.2 Å². The third kappa shape index (κ3) is 3.94. The minimum Gasteiger partial charge on any atom is -0.468 e. The zero-order valence-corrected chi connectivity index (χ0v) is 18.1. The molecule has 11 heteroatoms. The fourth-order valence-electron chi connectivity index (χ4n) is 3.96. The molecule has 2 aromatic heterocycles. The van der Waals surface area contributed by atoms with Crippen LogP contribution < -0.4 is 4.74 Å². The van der Waals surface area contributed by atoms with Gasteiger partial charge >= 0.3 is 6.03 Å². The van der Waals surface area contributed by atoms with Crippen LogP contribution in [0.5, 0.6) is 5.88 Å². The van der Waals surface area contributed by atoms with Crippen LogP contribution in [0, 0.1) is 23.0 Å². The summed E-state index contributed by atoms with van der Waals surface area (Å²) >= 11 is 0. The number of benzene rings is 1. The lowest BCUT2D eigenvalue weighted by Gasteiger charge is -2.40. The summed E-state index contributed by atoms with van der Waals surface area (Å²) in [6, 6.07) is 7.81. The number of pyridine rings is 1. The van der Waals surface area contributed by atoms with Crippen molar-refractivity contribution in [2.75, 3.05) is 13.1 Å². The van der Waals surface area contributed by atoms with Gasteiger partial charge in [0, 0.05) is 32.1 Å².